The number of amides is 1. The lowest BCUT2D eigenvalue weighted by Gasteiger charge is -2.38. The topological polar surface area (TPSA) is 95.1 Å². The Kier molecular flexibility index (Phi) is 4.26. The van der Waals surface area contributed by atoms with Crippen molar-refractivity contribution >= 4 is 16.8 Å². The number of pyridine rings is 2. The summed E-state index contributed by atoms with van der Waals surface area (Å²) < 4.78 is 0. The van der Waals surface area contributed by atoms with Crippen molar-refractivity contribution in [3.63, 3.8) is 0 Å². The largest absolute Gasteiger partial charge is 0.393 e. The molecule has 1 atom stereocenters. The molecule has 0 saturated heterocycles. The fraction of sp³-hybridized carbons (Fsp3) is 0.250. The van der Waals surface area contributed by atoms with Crippen LogP contribution in [-0.2, 0) is 0 Å². The van der Waals surface area contributed by atoms with Gasteiger partial charge in [0.15, 0.2) is 0 Å². The van der Waals surface area contributed by atoms with Crippen LogP contribution in [0.4, 0.5) is 0 Å². The van der Waals surface area contributed by atoms with Gasteiger partial charge in [-0.15, -0.1) is 0 Å². The monoisotopic (exact) mass is 349 g/mol. The fourth-order valence-corrected chi connectivity index (χ4v) is 3.43. The van der Waals surface area contributed by atoms with Crippen molar-refractivity contribution in [3.8, 4) is 0 Å². The first-order valence-corrected chi connectivity index (χ1v) is 8.63. The number of fused-ring (bicyclic) bond motifs is 1. The molecule has 0 spiro atoms. The number of para-hydroxylation sites is 1. The van der Waals surface area contributed by atoms with Gasteiger partial charge in [0.1, 0.15) is 5.69 Å². The molecule has 6 nitrogen and oxygen atoms in total. The van der Waals surface area contributed by atoms with Crippen LogP contribution in [0.2, 0.25) is 0 Å². The second-order valence-corrected chi connectivity index (χ2v) is 6.73. The number of benzene rings is 1. The zero-order chi connectivity index (χ0) is 18.1. The molecule has 2 heterocycles. The summed E-state index contributed by atoms with van der Waals surface area (Å²) in [6, 6.07) is 14.0. The molecule has 1 aliphatic carbocycles. The van der Waals surface area contributed by atoms with Crippen LogP contribution in [0.25, 0.3) is 10.9 Å². The maximum absolute atomic E-state index is 12.6. The van der Waals surface area contributed by atoms with Gasteiger partial charge in [-0.25, -0.2) is 0 Å². The van der Waals surface area contributed by atoms with Gasteiger partial charge in [0.25, 0.3) is 5.91 Å². The van der Waals surface area contributed by atoms with Crippen LogP contribution in [0.1, 0.15) is 34.9 Å². The van der Waals surface area contributed by atoms with E-state index in [1.54, 1.807) is 18.3 Å². The molecule has 3 aromatic rings. The highest BCUT2D eigenvalue weighted by molar-refractivity contribution is 5.92. The minimum Gasteiger partial charge on any atom is -0.393 e. The Hall–Kier alpha value is -2.99. The maximum Gasteiger partial charge on any atom is 0.268 e. The molecule has 26 heavy (non-hydrogen) atoms. The van der Waals surface area contributed by atoms with Gasteiger partial charge < -0.3 is 15.4 Å². The third-order valence-electron chi connectivity index (χ3n) is 4.89. The minimum atomic E-state index is -0.345. The molecule has 1 fully saturated rings. The van der Waals surface area contributed by atoms with E-state index in [0.717, 1.165) is 16.5 Å². The Balaban J connectivity index is 1.65. The van der Waals surface area contributed by atoms with Crippen LogP contribution in [0.15, 0.2) is 59.5 Å². The highest BCUT2D eigenvalue weighted by atomic mass is 16.3. The predicted octanol–water partition coefficient (Wildman–Crippen LogP) is 2.17. The number of hydrogen-bond donors (Lipinski definition) is 3. The van der Waals surface area contributed by atoms with Crippen LogP contribution in [0.3, 0.4) is 0 Å². The van der Waals surface area contributed by atoms with E-state index < -0.39 is 0 Å². The number of carbonyl (C=O) groups is 1. The number of aromatic amines is 1. The van der Waals surface area contributed by atoms with Crippen molar-refractivity contribution in [2.45, 2.75) is 25.0 Å². The molecule has 4 rings (SSSR count). The van der Waals surface area contributed by atoms with Crippen LogP contribution >= 0.6 is 0 Å². The summed E-state index contributed by atoms with van der Waals surface area (Å²) in [5.41, 5.74) is 1.69. The molecule has 0 bridgehead atoms. The summed E-state index contributed by atoms with van der Waals surface area (Å²) in [6.45, 7) is 0. The molecule has 3 N–H and O–H groups in total. The van der Waals surface area contributed by atoms with Gasteiger partial charge in [-0.2, -0.15) is 0 Å². The van der Waals surface area contributed by atoms with Gasteiger partial charge >= 0.3 is 0 Å². The molecule has 2 aromatic heterocycles. The molecule has 6 heteroatoms. The zero-order valence-corrected chi connectivity index (χ0v) is 14.1. The first kappa shape index (κ1) is 16.5. The molecule has 1 amide bonds. The predicted molar refractivity (Wildman–Crippen MR) is 97.7 cm³/mol. The quantitative estimate of drug-likeness (QED) is 0.673. The number of nitrogens with one attached hydrogen (secondary N) is 2. The van der Waals surface area contributed by atoms with Crippen molar-refractivity contribution in [1.82, 2.24) is 15.3 Å². The van der Waals surface area contributed by atoms with E-state index in [1.165, 1.54) is 6.07 Å². The van der Waals surface area contributed by atoms with E-state index in [9.17, 15) is 14.7 Å². The molecule has 132 valence electrons. The summed E-state index contributed by atoms with van der Waals surface area (Å²) in [4.78, 5) is 31.1. The number of rotatable bonds is 4. The van der Waals surface area contributed by atoms with E-state index in [1.807, 2.05) is 30.3 Å². The SMILES string of the molecule is O=C(N[C@@H](c1cnc2ccccc2c1)C1CC(O)C1)c1cccc(=O)[nH]1. The van der Waals surface area contributed by atoms with E-state index in [0.29, 0.717) is 12.8 Å². The average Bonchev–Trinajstić information content (AvgIpc) is 2.63. The zero-order valence-electron chi connectivity index (χ0n) is 14.1. The van der Waals surface area contributed by atoms with E-state index in [4.69, 9.17) is 0 Å². The Morgan fingerprint density at radius 2 is 2.00 bits per heavy atom. The number of H-pyrrole nitrogens is 1. The summed E-state index contributed by atoms with van der Waals surface area (Å²) in [5, 5.41) is 13.7. The Bertz CT molecular complexity index is 1010. The molecular weight excluding hydrogens is 330 g/mol. The molecular formula is C20H19N3O3. The van der Waals surface area contributed by atoms with Gasteiger partial charge in [-0.05, 0) is 42.5 Å². The second-order valence-electron chi connectivity index (χ2n) is 6.73. The van der Waals surface area contributed by atoms with Crippen LogP contribution < -0.4 is 10.9 Å². The average molecular weight is 349 g/mol. The van der Waals surface area contributed by atoms with Crippen molar-refractivity contribution < 1.29 is 9.90 Å². The maximum atomic E-state index is 12.6. The summed E-state index contributed by atoms with van der Waals surface area (Å²) >= 11 is 0. The van der Waals surface area contributed by atoms with Gasteiger partial charge in [0, 0.05) is 17.6 Å². The molecule has 0 unspecified atom stereocenters. The van der Waals surface area contributed by atoms with Gasteiger partial charge in [-0.3, -0.25) is 14.6 Å². The second kappa shape index (κ2) is 6.72. The number of aliphatic hydroxyl groups excluding tert-OH is 1. The lowest BCUT2D eigenvalue weighted by molar-refractivity contribution is 0.0234. The number of carbonyl (C=O) groups excluding carboxylic acids is 1. The number of hydrogen-bond acceptors (Lipinski definition) is 4. The lowest BCUT2D eigenvalue weighted by atomic mass is 9.75. The Morgan fingerprint density at radius 1 is 1.19 bits per heavy atom. The molecule has 0 aliphatic heterocycles. The molecule has 1 saturated carbocycles. The summed E-state index contributed by atoms with van der Waals surface area (Å²) in [5.74, 6) is -0.213. The minimum absolute atomic E-state index is 0.132. The summed E-state index contributed by atoms with van der Waals surface area (Å²) in [6.07, 6.45) is 2.70. The number of aliphatic hydroxyl groups is 1. The highest BCUT2D eigenvalue weighted by Gasteiger charge is 2.36. The van der Waals surface area contributed by atoms with Crippen LogP contribution in [0, 0.1) is 5.92 Å². The van der Waals surface area contributed by atoms with Crippen molar-refractivity contribution in [3.05, 3.63) is 76.3 Å². The van der Waals surface area contributed by atoms with Crippen molar-refractivity contribution in [2.75, 3.05) is 0 Å². The molecule has 0 radical (unpaired) electrons. The van der Waals surface area contributed by atoms with Crippen molar-refractivity contribution in [2.24, 2.45) is 5.92 Å². The Labute approximate surface area is 149 Å². The van der Waals surface area contributed by atoms with Crippen LogP contribution in [0.5, 0.6) is 0 Å². The standard InChI is InChI=1S/C20H19N3O3/c24-15-9-13(10-15)19(23-20(26)17-6-3-7-18(25)22-17)14-8-12-4-1-2-5-16(12)21-11-14/h1-8,11,13,15,19,24H,9-10H2,(H,22,25)(H,23,26)/t13?,15?,19-/m1/s1. The lowest BCUT2D eigenvalue weighted by Crippen LogP contribution is -2.41. The third-order valence-corrected chi connectivity index (χ3v) is 4.89. The smallest absolute Gasteiger partial charge is 0.268 e. The van der Waals surface area contributed by atoms with Crippen molar-refractivity contribution in [1.29, 1.82) is 0 Å². The van der Waals surface area contributed by atoms with E-state index in [-0.39, 0.29) is 35.2 Å². The third kappa shape index (κ3) is 3.23. The first-order valence-electron chi connectivity index (χ1n) is 8.63. The van der Waals surface area contributed by atoms with Gasteiger partial charge in [-0.1, -0.05) is 24.3 Å². The molecule has 1 aromatic carbocycles. The Morgan fingerprint density at radius 3 is 2.77 bits per heavy atom. The molecule has 1 aliphatic rings. The number of aromatic nitrogens is 2. The van der Waals surface area contributed by atoms with Crippen LogP contribution in [-0.4, -0.2) is 27.1 Å². The summed E-state index contributed by atoms with van der Waals surface area (Å²) in [7, 11) is 0. The normalized spacial score (nSPS) is 20.3. The van der Waals surface area contributed by atoms with E-state index >= 15 is 0 Å². The first-order chi connectivity index (χ1) is 12.6. The van der Waals surface area contributed by atoms with E-state index in [2.05, 4.69) is 15.3 Å². The highest BCUT2D eigenvalue weighted by Crippen LogP contribution is 2.38. The fourth-order valence-electron chi connectivity index (χ4n) is 3.43. The van der Waals surface area contributed by atoms with Gasteiger partial charge in [0.2, 0.25) is 5.56 Å². The number of nitrogens with zero attached hydrogens (tertiary/aromatic N) is 1. The van der Waals surface area contributed by atoms with Gasteiger partial charge in [0.05, 0.1) is 17.7 Å².